The fraction of sp³-hybridized carbons (Fsp3) is 0.875. The maximum atomic E-state index is 11.0. The topological polar surface area (TPSA) is 67.6 Å². The normalized spacial score (nSPS) is 10.9. The molecule has 0 aliphatic carbocycles. The first-order valence-corrected chi connectivity index (χ1v) is 4.34. The van der Waals surface area contributed by atoms with E-state index in [-0.39, 0.29) is 5.91 Å². The van der Waals surface area contributed by atoms with E-state index >= 15 is 0 Å². The van der Waals surface area contributed by atoms with E-state index in [0.717, 1.165) is 6.54 Å². The molecule has 0 unspecified atom stereocenters. The van der Waals surface area contributed by atoms with Crippen LogP contribution in [0, 0.1) is 0 Å². The summed E-state index contributed by atoms with van der Waals surface area (Å²) in [5, 5.41) is 0. The van der Waals surface area contributed by atoms with E-state index in [0.29, 0.717) is 19.2 Å². The summed E-state index contributed by atoms with van der Waals surface area (Å²) in [7, 11) is 1.64. The molecule has 5 heteroatoms. The molecule has 0 aromatic carbocycles. The van der Waals surface area contributed by atoms with Gasteiger partial charge in [-0.3, -0.25) is 15.1 Å². The number of nitrogens with two attached hydrogens (primary N) is 1. The molecule has 0 atom stereocenters. The van der Waals surface area contributed by atoms with Gasteiger partial charge in [0, 0.05) is 19.7 Å². The van der Waals surface area contributed by atoms with Gasteiger partial charge in [-0.2, -0.15) is 0 Å². The molecule has 78 valence electrons. The zero-order valence-corrected chi connectivity index (χ0v) is 8.54. The van der Waals surface area contributed by atoms with Crippen LogP contribution >= 0.6 is 0 Å². The highest BCUT2D eigenvalue weighted by molar-refractivity contribution is 5.77. The number of hydrogen-bond donors (Lipinski definition) is 2. The van der Waals surface area contributed by atoms with E-state index in [1.807, 2.05) is 18.7 Å². The maximum Gasteiger partial charge on any atom is 0.248 e. The molecule has 0 saturated carbocycles. The minimum absolute atomic E-state index is 0.176. The summed E-state index contributed by atoms with van der Waals surface area (Å²) in [6.45, 7) is 5.73. The molecule has 0 aromatic heterocycles. The van der Waals surface area contributed by atoms with Gasteiger partial charge in [0.05, 0.1) is 13.2 Å². The van der Waals surface area contributed by atoms with Gasteiger partial charge in [0.2, 0.25) is 5.91 Å². The summed E-state index contributed by atoms with van der Waals surface area (Å²) in [6.07, 6.45) is 0. The van der Waals surface area contributed by atoms with E-state index in [2.05, 4.69) is 5.43 Å². The van der Waals surface area contributed by atoms with Crippen LogP contribution < -0.4 is 11.3 Å². The van der Waals surface area contributed by atoms with Crippen LogP contribution in [0.1, 0.15) is 13.8 Å². The third kappa shape index (κ3) is 5.57. The minimum atomic E-state index is -0.176. The molecule has 0 aliphatic heterocycles. The van der Waals surface area contributed by atoms with Crippen molar-refractivity contribution in [2.75, 3.05) is 26.8 Å². The molecule has 0 rings (SSSR count). The van der Waals surface area contributed by atoms with E-state index < -0.39 is 0 Å². The monoisotopic (exact) mass is 189 g/mol. The Kier molecular flexibility index (Phi) is 6.48. The fourth-order valence-electron chi connectivity index (χ4n) is 0.958. The number of nitrogens with one attached hydrogen (secondary N) is 1. The van der Waals surface area contributed by atoms with Crippen LogP contribution in [-0.4, -0.2) is 43.7 Å². The molecule has 0 spiro atoms. The zero-order valence-electron chi connectivity index (χ0n) is 8.54. The molecule has 0 aliphatic rings. The summed E-state index contributed by atoms with van der Waals surface area (Å²) in [5.74, 6) is 4.82. The van der Waals surface area contributed by atoms with Crippen molar-refractivity contribution in [1.82, 2.24) is 10.3 Å². The Balaban J connectivity index is 3.87. The van der Waals surface area contributed by atoms with Crippen LogP contribution in [0.3, 0.4) is 0 Å². The summed E-state index contributed by atoms with van der Waals surface area (Å²) >= 11 is 0. The number of carbonyl (C=O) groups excluding carboxylic acids is 1. The van der Waals surface area contributed by atoms with Crippen LogP contribution in [0.4, 0.5) is 0 Å². The molecule has 1 amide bonds. The lowest BCUT2D eigenvalue weighted by atomic mass is 10.3. The van der Waals surface area contributed by atoms with Gasteiger partial charge in [-0.25, -0.2) is 5.84 Å². The second-order valence-corrected chi connectivity index (χ2v) is 3.12. The average Bonchev–Trinajstić information content (AvgIpc) is 2.11. The van der Waals surface area contributed by atoms with Crippen molar-refractivity contribution in [3.05, 3.63) is 0 Å². The van der Waals surface area contributed by atoms with Crippen LogP contribution in [-0.2, 0) is 9.53 Å². The molecule has 0 fully saturated rings. The Bertz CT molecular complexity index is 150. The molecule has 3 N–H and O–H groups in total. The second-order valence-electron chi connectivity index (χ2n) is 3.12. The van der Waals surface area contributed by atoms with Gasteiger partial charge in [0.15, 0.2) is 0 Å². The largest absolute Gasteiger partial charge is 0.383 e. The predicted octanol–water partition coefficient (Wildman–Crippen LogP) is -0.667. The predicted molar refractivity (Wildman–Crippen MR) is 50.9 cm³/mol. The number of ether oxygens (including phenoxy) is 1. The highest BCUT2D eigenvalue weighted by Crippen LogP contribution is 1.96. The van der Waals surface area contributed by atoms with Crippen molar-refractivity contribution in [3.8, 4) is 0 Å². The third-order valence-corrected chi connectivity index (χ3v) is 1.82. The maximum absolute atomic E-state index is 11.0. The standard InChI is InChI=1S/C8H19N3O2/c1-7(2)11(4-5-13-3)6-8(12)10-9/h7H,4-6,9H2,1-3H3,(H,10,12). The van der Waals surface area contributed by atoms with Crippen molar-refractivity contribution >= 4 is 5.91 Å². The Morgan fingerprint density at radius 1 is 1.62 bits per heavy atom. The van der Waals surface area contributed by atoms with E-state index in [4.69, 9.17) is 10.6 Å². The van der Waals surface area contributed by atoms with Gasteiger partial charge in [-0.1, -0.05) is 0 Å². The van der Waals surface area contributed by atoms with Gasteiger partial charge in [-0.05, 0) is 13.8 Å². The van der Waals surface area contributed by atoms with E-state index in [1.54, 1.807) is 7.11 Å². The molecule has 0 radical (unpaired) electrons. The number of rotatable bonds is 6. The van der Waals surface area contributed by atoms with Crippen LogP contribution in [0.15, 0.2) is 0 Å². The molecule has 0 saturated heterocycles. The van der Waals surface area contributed by atoms with Crippen molar-refractivity contribution in [2.24, 2.45) is 5.84 Å². The summed E-state index contributed by atoms with van der Waals surface area (Å²) in [4.78, 5) is 13.0. The SMILES string of the molecule is COCCN(CC(=O)NN)C(C)C. The molecule has 13 heavy (non-hydrogen) atoms. The quantitative estimate of drug-likeness (QED) is 0.330. The third-order valence-electron chi connectivity index (χ3n) is 1.82. The van der Waals surface area contributed by atoms with Crippen LogP contribution in [0.2, 0.25) is 0 Å². The van der Waals surface area contributed by atoms with Gasteiger partial charge in [0.25, 0.3) is 0 Å². The highest BCUT2D eigenvalue weighted by Gasteiger charge is 2.12. The lowest BCUT2D eigenvalue weighted by molar-refractivity contribution is -0.122. The van der Waals surface area contributed by atoms with E-state index in [9.17, 15) is 4.79 Å². The fourth-order valence-corrected chi connectivity index (χ4v) is 0.958. The first-order chi connectivity index (χ1) is 6.11. The van der Waals surface area contributed by atoms with Crippen molar-refractivity contribution in [2.45, 2.75) is 19.9 Å². The van der Waals surface area contributed by atoms with Crippen LogP contribution in [0.25, 0.3) is 0 Å². The first-order valence-electron chi connectivity index (χ1n) is 4.34. The summed E-state index contributed by atoms with van der Waals surface area (Å²) in [6, 6.07) is 0.312. The van der Waals surface area contributed by atoms with Gasteiger partial charge in [0.1, 0.15) is 0 Å². The highest BCUT2D eigenvalue weighted by atomic mass is 16.5. The van der Waals surface area contributed by atoms with Crippen molar-refractivity contribution < 1.29 is 9.53 Å². The number of nitrogens with zero attached hydrogens (tertiary/aromatic N) is 1. The molecule has 0 heterocycles. The summed E-state index contributed by atoms with van der Waals surface area (Å²) < 4.78 is 4.93. The first kappa shape index (κ1) is 12.3. The molecule has 5 nitrogen and oxygen atoms in total. The molecular formula is C8H19N3O2. The molecule has 0 aromatic rings. The van der Waals surface area contributed by atoms with Gasteiger partial charge >= 0.3 is 0 Å². The van der Waals surface area contributed by atoms with Crippen LogP contribution in [0.5, 0.6) is 0 Å². The van der Waals surface area contributed by atoms with Crippen molar-refractivity contribution in [1.29, 1.82) is 0 Å². The average molecular weight is 189 g/mol. The van der Waals surface area contributed by atoms with E-state index in [1.165, 1.54) is 0 Å². The second kappa shape index (κ2) is 6.82. The Morgan fingerprint density at radius 3 is 2.62 bits per heavy atom. The zero-order chi connectivity index (χ0) is 10.3. The number of hydrogen-bond acceptors (Lipinski definition) is 4. The lowest BCUT2D eigenvalue weighted by Crippen LogP contribution is -2.44. The smallest absolute Gasteiger partial charge is 0.248 e. The minimum Gasteiger partial charge on any atom is -0.383 e. The molecular weight excluding hydrogens is 170 g/mol. The lowest BCUT2D eigenvalue weighted by Gasteiger charge is -2.24. The summed E-state index contributed by atoms with van der Waals surface area (Å²) in [5.41, 5.74) is 2.11. The Hall–Kier alpha value is -0.650. The number of carbonyl (C=O) groups is 1. The number of hydrazine groups is 1. The van der Waals surface area contributed by atoms with Gasteiger partial charge < -0.3 is 4.74 Å². The van der Waals surface area contributed by atoms with Crippen molar-refractivity contribution in [3.63, 3.8) is 0 Å². The Morgan fingerprint density at radius 2 is 2.23 bits per heavy atom. The molecule has 0 bridgehead atoms. The number of methoxy groups -OCH3 is 1. The number of amides is 1. The Labute approximate surface area is 79.2 Å². The van der Waals surface area contributed by atoms with Gasteiger partial charge in [-0.15, -0.1) is 0 Å².